The molecule has 7 heteroatoms. The Kier molecular flexibility index (Phi) is 6.20. The third kappa shape index (κ3) is 4.67. The molecule has 0 unspecified atom stereocenters. The maximum Gasteiger partial charge on any atom is 0.147 e. The Bertz CT molecular complexity index is 609. The minimum absolute atomic E-state index is 0.0634. The van der Waals surface area contributed by atoms with Crippen LogP contribution in [0.3, 0.4) is 0 Å². The fourth-order valence-corrected chi connectivity index (χ4v) is 3.23. The average molecular weight is 353 g/mol. The summed E-state index contributed by atoms with van der Waals surface area (Å²) in [6.45, 7) is 3.21. The lowest BCUT2D eigenvalue weighted by Gasteiger charge is -2.30. The van der Waals surface area contributed by atoms with Crippen LogP contribution >= 0.6 is 0 Å². The van der Waals surface area contributed by atoms with Crippen molar-refractivity contribution in [1.82, 2.24) is 5.32 Å². The lowest BCUT2D eigenvalue weighted by atomic mass is 10.1. The van der Waals surface area contributed by atoms with Gasteiger partial charge in [-0.2, -0.15) is 0 Å². The first-order valence-corrected chi connectivity index (χ1v) is 8.81. The van der Waals surface area contributed by atoms with Crippen molar-refractivity contribution in [3.8, 4) is 0 Å². The smallest absolute Gasteiger partial charge is 0.147 e. The normalized spacial score (nSPS) is 19.2. The van der Waals surface area contributed by atoms with Crippen molar-refractivity contribution in [3.63, 3.8) is 0 Å². The predicted molar refractivity (Wildman–Crippen MR) is 92.9 cm³/mol. The molecule has 0 saturated carbocycles. The van der Waals surface area contributed by atoms with Crippen LogP contribution < -0.4 is 10.2 Å². The molecule has 1 aromatic carbocycles. The zero-order valence-corrected chi connectivity index (χ0v) is 14.6. The van der Waals surface area contributed by atoms with Gasteiger partial charge in [0, 0.05) is 44.7 Å². The highest BCUT2D eigenvalue weighted by Crippen LogP contribution is 2.26. The Labute approximate surface area is 147 Å². The van der Waals surface area contributed by atoms with Crippen LogP contribution in [0, 0.1) is 11.6 Å². The Morgan fingerprint density at radius 3 is 2.56 bits per heavy atom. The highest BCUT2D eigenvalue weighted by atomic mass is 19.1. The van der Waals surface area contributed by atoms with E-state index < -0.39 is 11.6 Å². The number of piperidine rings is 2. The second-order valence-electron chi connectivity index (χ2n) is 6.53. The van der Waals surface area contributed by atoms with E-state index in [4.69, 9.17) is 9.57 Å². The maximum atomic E-state index is 14.3. The van der Waals surface area contributed by atoms with Gasteiger partial charge in [0.2, 0.25) is 0 Å². The minimum atomic E-state index is -0.438. The first-order chi connectivity index (χ1) is 12.2. The van der Waals surface area contributed by atoms with E-state index in [1.807, 2.05) is 4.90 Å². The van der Waals surface area contributed by atoms with Crippen LogP contribution in [0.1, 0.15) is 31.2 Å². The Balaban J connectivity index is 1.57. The van der Waals surface area contributed by atoms with Crippen molar-refractivity contribution in [2.75, 3.05) is 38.2 Å². The van der Waals surface area contributed by atoms with Gasteiger partial charge >= 0.3 is 0 Å². The molecule has 2 aliphatic heterocycles. The summed E-state index contributed by atoms with van der Waals surface area (Å²) in [5, 5.41) is 7.58. The lowest BCUT2D eigenvalue weighted by molar-refractivity contribution is 0.0368. The molecule has 3 rings (SSSR count). The predicted octanol–water partition coefficient (Wildman–Crippen LogP) is 2.84. The monoisotopic (exact) mass is 353 g/mol. The minimum Gasteiger partial charge on any atom is -0.392 e. The molecular weight excluding hydrogens is 328 g/mol. The maximum absolute atomic E-state index is 14.3. The van der Waals surface area contributed by atoms with Crippen molar-refractivity contribution >= 4 is 11.4 Å². The second kappa shape index (κ2) is 8.58. The van der Waals surface area contributed by atoms with Gasteiger partial charge in [0.05, 0.1) is 18.0 Å². The molecule has 1 aromatic rings. The van der Waals surface area contributed by atoms with Crippen molar-refractivity contribution < 1.29 is 18.4 Å². The quantitative estimate of drug-likeness (QED) is 0.827. The largest absolute Gasteiger partial charge is 0.392 e. The number of hydrogen-bond donors (Lipinski definition) is 1. The van der Waals surface area contributed by atoms with Crippen molar-refractivity contribution in [2.45, 2.75) is 38.4 Å². The number of rotatable bonds is 5. The van der Waals surface area contributed by atoms with E-state index >= 15 is 0 Å². The Morgan fingerprint density at radius 1 is 1.16 bits per heavy atom. The molecule has 0 aromatic heterocycles. The van der Waals surface area contributed by atoms with Crippen LogP contribution in [0.25, 0.3) is 0 Å². The van der Waals surface area contributed by atoms with Gasteiger partial charge in [0.1, 0.15) is 17.7 Å². The van der Waals surface area contributed by atoms with Gasteiger partial charge in [-0.1, -0.05) is 5.16 Å². The standard InChI is InChI=1S/C18H25F2N3O2/c1-24-12-13-10-17(20)18(11-16(13)19)23-8-4-14(5-9-23)22-25-15-2-6-21-7-3-15/h10-11,15,21H,2-9,12H2,1H3. The van der Waals surface area contributed by atoms with Gasteiger partial charge in [0.25, 0.3) is 0 Å². The molecule has 2 heterocycles. The summed E-state index contributed by atoms with van der Waals surface area (Å²) in [5.41, 5.74) is 1.53. The van der Waals surface area contributed by atoms with Crippen molar-refractivity contribution in [2.24, 2.45) is 5.16 Å². The van der Waals surface area contributed by atoms with E-state index in [0.29, 0.717) is 31.6 Å². The summed E-state index contributed by atoms with van der Waals surface area (Å²) >= 11 is 0. The zero-order chi connectivity index (χ0) is 17.6. The zero-order valence-electron chi connectivity index (χ0n) is 14.6. The molecule has 2 fully saturated rings. The van der Waals surface area contributed by atoms with Crippen LogP contribution in [0.4, 0.5) is 14.5 Å². The van der Waals surface area contributed by atoms with E-state index in [0.717, 1.165) is 31.6 Å². The third-order valence-corrected chi connectivity index (χ3v) is 4.71. The van der Waals surface area contributed by atoms with Crippen LogP contribution in [0.15, 0.2) is 17.3 Å². The van der Waals surface area contributed by atoms with Gasteiger partial charge in [-0.05, 0) is 32.0 Å². The van der Waals surface area contributed by atoms with E-state index in [2.05, 4.69) is 10.5 Å². The fraction of sp³-hybridized carbons (Fsp3) is 0.611. The van der Waals surface area contributed by atoms with Crippen LogP contribution in [-0.4, -0.2) is 45.1 Å². The molecule has 0 radical (unpaired) electrons. The number of oxime groups is 1. The van der Waals surface area contributed by atoms with Gasteiger partial charge in [-0.15, -0.1) is 0 Å². The number of nitrogens with zero attached hydrogens (tertiary/aromatic N) is 2. The molecule has 2 aliphatic rings. The summed E-state index contributed by atoms with van der Waals surface area (Å²) in [4.78, 5) is 7.49. The van der Waals surface area contributed by atoms with Gasteiger partial charge < -0.3 is 19.8 Å². The molecule has 25 heavy (non-hydrogen) atoms. The molecular formula is C18H25F2N3O2. The molecule has 138 valence electrons. The fourth-order valence-electron chi connectivity index (χ4n) is 3.23. The van der Waals surface area contributed by atoms with E-state index in [1.54, 1.807) is 0 Å². The summed E-state index contributed by atoms with van der Waals surface area (Å²) in [6.07, 6.45) is 3.53. The molecule has 0 aliphatic carbocycles. The molecule has 0 amide bonds. The van der Waals surface area contributed by atoms with Gasteiger partial charge in [-0.25, -0.2) is 8.78 Å². The van der Waals surface area contributed by atoms with Gasteiger partial charge in [0.15, 0.2) is 0 Å². The first-order valence-electron chi connectivity index (χ1n) is 8.81. The number of hydrogen-bond acceptors (Lipinski definition) is 5. The van der Waals surface area contributed by atoms with E-state index in [9.17, 15) is 8.78 Å². The Hall–Kier alpha value is -1.73. The molecule has 2 saturated heterocycles. The lowest BCUT2D eigenvalue weighted by Crippen LogP contribution is -2.35. The summed E-state index contributed by atoms with van der Waals surface area (Å²) in [7, 11) is 1.46. The first kappa shape index (κ1) is 18.1. The molecule has 1 N–H and O–H groups in total. The van der Waals surface area contributed by atoms with E-state index in [1.165, 1.54) is 19.2 Å². The summed E-state index contributed by atoms with van der Waals surface area (Å²) < 4.78 is 33.2. The number of methoxy groups -OCH3 is 1. The molecule has 0 spiro atoms. The number of ether oxygens (including phenoxy) is 1. The number of halogens is 2. The van der Waals surface area contributed by atoms with Crippen molar-refractivity contribution in [1.29, 1.82) is 0 Å². The Morgan fingerprint density at radius 2 is 1.88 bits per heavy atom. The topological polar surface area (TPSA) is 46.1 Å². The second-order valence-corrected chi connectivity index (χ2v) is 6.53. The summed E-state index contributed by atoms with van der Waals surface area (Å²) in [6, 6.07) is 2.48. The highest BCUT2D eigenvalue weighted by Gasteiger charge is 2.21. The number of nitrogens with one attached hydrogen (secondary N) is 1. The number of anilines is 1. The third-order valence-electron chi connectivity index (χ3n) is 4.71. The molecule has 0 bridgehead atoms. The van der Waals surface area contributed by atoms with Crippen LogP contribution in [0.2, 0.25) is 0 Å². The SMILES string of the molecule is COCc1cc(F)c(N2CCC(=NOC3CCNCC3)CC2)cc1F. The van der Waals surface area contributed by atoms with Crippen LogP contribution in [0.5, 0.6) is 0 Å². The van der Waals surface area contributed by atoms with Crippen molar-refractivity contribution in [3.05, 3.63) is 29.3 Å². The van der Waals surface area contributed by atoms with Crippen LogP contribution in [-0.2, 0) is 16.2 Å². The van der Waals surface area contributed by atoms with E-state index in [-0.39, 0.29) is 18.3 Å². The molecule has 0 atom stereocenters. The average Bonchev–Trinajstić information content (AvgIpc) is 2.64. The molecule has 5 nitrogen and oxygen atoms in total. The highest BCUT2D eigenvalue weighted by molar-refractivity contribution is 5.86. The number of benzene rings is 1. The summed E-state index contributed by atoms with van der Waals surface area (Å²) in [5.74, 6) is -0.855. The van der Waals surface area contributed by atoms with Gasteiger partial charge in [-0.3, -0.25) is 0 Å².